The first-order valence-corrected chi connectivity index (χ1v) is 8.99. The van der Waals surface area contributed by atoms with Gasteiger partial charge in [0.05, 0.1) is 11.6 Å². The maximum atomic E-state index is 6.07. The van der Waals surface area contributed by atoms with Crippen molar-refractivity contribution in [3.05, 3.63) is 0 Å². The average molecular weight is 294 g/mol. The number of methoxy groups -OCH3 is 1. The first-order valence-electron chi connectivity index (χ1n) is 8.99. The van der Waals surface area contributed by atoms with Crippen LogP contribution in [0, 0.1) is 23.2 Å². The number of nitrogens with one attached hydrogen (secondary N) is 1. The van der Waals surface area contributed by atoms with E-state index in [0.29, 0.717) is 11.5 Å². The Bertz CT molecular complexity index is 358. The Morgan fingerprint density at radius 1 is 1.14 bits per heavy atom. The predicted molar refractivity (Wildman–Crippen MR) is 86.7 cm³/mol. The molecule has 3 nitrogen and oxygen atoms in total. The van der Waals surface area contributed by atoms with E-state index in [1.807, 2.05) is 7.11 Å². The normalized spacial score (nSPS) is 38.6. The molecule has 0 saturated heterocycles. The van der Waals surface area contributed by atoms with Gasteiger partial charge in [0.1, 0.15) is 0 Å². The van der Waals surface area contributed by atoms with Gasteiger partial charge in [0.15, 0.2) is 0 Å². The summed E-state index contributed by atoms with van der Waals surface area (Å²) in [5, 5.41) is 0. The van der Waals surface area contributed by atoms with Gasteiger partial charge in [-0.05, 0) is 74.5 Å². The van der Waals surface area contributed by atoms with Crippen LogP contribution in [0.5, 0.6) is 0 Å². The van der Waals surface area contributed by atoms with Gasteiger partial charge in [-0.2, -0.15) is 0 Å². The SMILES string of the molecule is COC1(C(CC2CC3CCC2C3)NN)CCC(C)(C)CC1. The van der Waals surface area contributed by atoms with Gasteiger partial charge in [-0.25, -0.2) is 0 Å². The third-order valence-corrected chi connectivity index (χ3v) is 7.12. The molecule has 21 heavy (non-hydrogen) atoms. The second kappa shape index (κ2) is 5.82. The topological polar surface area (TPSA) is 47.3 Å². The minimum absolute atomic E-state index is 0.0356. The van der Waals surface area contributed by atoms with E-state index >= 15 is 0 Å². The fourth-order valence-corrected chi connectivity index (χ4v) is 5.45. The Balaban J connectivity index is 1.66. The average Bonchev–Trinajstić information content (AvgIpc) is 3.08. The van der Waals surface area contributed by atoms with E-state index in [1.165, 1.54) is 44.9 Å². The van der Waals surface area contributed by atoms with Crippen molar-refractivity contribution >= 4 is 0 Å². The number of fused-ring (bicyclic) bond motifs is 2. The number of nitrogens with two attached hydrogens (primary N) is 1. The van der Waals surface area contributed by atoms with Crippen LogP contribution in [0.1, 0.15) is 71.6 Å². The van der Waals surface area contributed by atoms with Gasteiger partial charge in [-0.1, -0.05) is 20.3 Å². The summed E-state index contributed by atoms with van der Waals surface area (Å²) in [4.78, 5) is 0. The summed E-state index contributed by atoms with van der Waals surface area (Å²) < 4.78 is 6.07. The monoisotopic (exact) mass is 294 g/mol. The summed E-state index contributed by atoms with van der Waals surface area (Å²) in [5.41, 5.74) is 3.58. The molecule has 0 aromatic heterocycles. The van der Waals surface area contributed by atoms with Gasteiger partial charge in [-0.15, -0.1) is 0 Å². The zero-order chi connectivity index (χ0) is 15.1. The molecule has 0 aromatic carbocycles. The highest BCUT2D eigenvalue weighted by molar-refractivity contribution is 5.01. The summed E-state index contributed by atoms with van der Waals surface area (Å²) in [7, 11) is 1.89. The first kappa shape index (κ1) is 15.8. The Hall–Kier alpha value is -0.120. The molecule has 0 radical (unpaired) electrons. The lowest BCUT2D eigenvalue weighted by Crippen LogP contribution is -2.57. The van der Waals surface area contributed by atoms with Gasteiger partial charge >= 0.3 is 0 Å². The summed E-state index contributed by atoms with van der Waals surface area (Å²) in [5.74, 6) is 8.85. The summed E-state index contributed by atoms with van der Waals surface area (Å²) >= 11 is 0. The van der Waals surface area contributed by atoms with Gasteiger partial charge < -0.3 is 4.74 Å². The summed E-state index contributed by atoms with van der Waals surface area (Å²) in [6.07, 6.45) is 11.9. The zero-order valence-corrected chi connectivity index (χ0v) is 14.2. The molecule has 122 valence electrons. The van der Waals surface area contributed by atoms with Crippen LogP contribution in [-0.2, 0) is 4.74 Å². The lowest BCUT2D eigenvalue weighted by Gasteiger charge is -2.47. The molecule has 3 saturated carbocycles. The summed E-state index contributed by atoms with van der Waals surface area (Å²) in [6, 6.07) is 0.322. The highest BCUT2D eigenvalue weighted by Crippen LogP contribution is 2.51. The maximum Gasteiger partial charge on any atom is 0.0844 e. The van der Waals surface area contributed by atoms with E-state index in [1.54, 1.807) is 0 Å². The van der Waals surface area contributed by atoms with Crippen molar-refractivity contribution < 1.29 is 4.74 Å². The third-order valence-electron chi connectivity index (χ3n) is 7.12. The first-order chi connectivity index (χ1) is 9.98. The van der Waals surface area contributed by atoms with Gasteiger partial charge in [0.2, 0.25) is 0 Å². The van der Waals surface area contributed by atoms with Crippen LogP contribution in [0.3, 0.4) is 0 Å². The maximum absolute atomic E-state index is 6.07. The van der Waals surface area contributed by atoms with Crippen molar-refractivity contribution in [1.82, 2.24) is 5.43 Å². The second-order valence-electron chi connectivity index (χ2n) is 8.82. The standard InChI is InChI=1S/C18H34N2O/c1-17(2)6-8-18(21-3,9-7-17)16(20-19)12-15-11-13-4-5-14(15)10-13/h13-16,20H,4-12,19H2,1-3H3. The quantitative estimate of drug-likeness (QED) is 0.601. The summed E-state index contributed by atoms with van der Waals surface area (Å²) in [6.45, 7) is 4.76. The van der Waals surface area contributed by atoms with Crippen molar-refractivity contribution in [2.75, 3.05) is 7.11 Å². The molecule has 0 amide bonds. The van der Waals surface area contributed by atoms with Gasteiger partial charge in [-0.3, -0.25) is 11.3 Å². The molecule has 3 aliphatic rings. The van der Waals surface area contributed by atoms with Crippen LogP contribution < -0.4 is 11.3 Å². The molecule has 3 fully saturated rings. The molecule has 0 aromatic rings. The molecule has 2 bridgehead atoms. The molecule has 4 unspecified atom stereocenters. The number of hydrogen-bond acceptors (Lipinski definition) is 3. The van der Waals surface area contributed by atoms with Crippen LogP contribution in [0.2, 0.25) is 0 Å². The van der Waals surface area contributed by atoms with Crippen LogP contribution in [0.25, 0.3) is 0 Å². The van der Waals surface area contributed by atoms with E-state index in [9.17, 15) is 0 Å². The van der Waals surface area contributed by atoms with E-state index in [4.69, 9.17) is 10.6 Å². The Kier molecular flexibility index (Phi) is 4.37. The minimum Gasteiger partial charge on any atom is -0.377 e. The van der Waals surface area contributed by atoms with E-state index < -0.39 is 0 Å². The Labute approximate surface area is 130 Å². The molecule has 0 spiro atoms. The predicted octanol–water partition coefficient (Wildman–Crippen LogP) is 3.63. The molecule has 3 N–H and O–H groups in total. The van der Waals surface area contributed by atoms with Gasteiger partial charge in [0.25, 0.3) is 0 Å². The molecular weight excluding hydrogens is 260 g/mol. The highest BCUT2D eigenvalue weighted by atomic mass is 16.5. The number of hydrazine groups is 1. The fraction of sp³-hybridized carbons (Fsp3) is 1.00. The molecule has 3 rings (SSSR count). The molecule has 0 heterocycles. The van der Waals surface area contributed by atoms with Crippen molar-refractivity contribution in [3.63, 3.8) is 0 Å². The molecule has 3 aliphatic carbocycles. The second-order valence-corrected chi connectivity index (χ2v) is 8.82. The fourth-order valence-electron chi connectivity index (χ4n) is 5.45. The van der Waals surface area contributed by atoms with Crippen molar-refractivity contribution in [2.45, 2.75) is 83.3 Å². The van der Waals surface area contributed by atoms with Gasteiger partial charge in [0, 0.05) is 7.11 Å². The van der Waals surface area contributed by atoms with E-state index in [-0.39, 0.29) is 5.60 Å². The molecule has 0 aliphatic heterocycles. The molecule has 4 atom stereocenters. The van der Waals surface area contributed by atoms with Crippen LogP contribution >= 0.6 is 0 Å². The smallest absolute Gasteiger partial charge is 0.0844 e. The number of rotatable bonds is 5. The zero-order valence-electron chi connectivity index (χ0n) is 14.2. The van der Waals surface area contributed by atoms with E-state index in [0.717, 1.165) is 30.6 Å². The van der Waals surface area contributed by atoms with Crippen LogP contribution in [0.4, 0.5) is 0 Å². The van der Waals surface area contributed by atoms with Crippen molar-refractivity contribution in [2.24, 2.45) is 29.0 Å². The third kappa shape index (κ3) is 3.02. The Morgan fingerprint density at radius 3 is 2.33 bits per heavy atom. The highest BCUT2D eigenvalue weighted by Gasteiger charge is 2.47. The number of hydrogen-bond donors (Lipinski definition) is 2. The van der Waals surface area contributed by atoms with Crippen LogP contribution in [0.15, 0.2) is 0 Å². The van der Waals surface area contributed by atoms with Crippen molar-refractivity contribution in [1.29, 1.82) is 0 Å². The van der Waals surface area contributed by atoms with Crippen molar-refractivity contribution in [3.8, 4) is 0 Å². The largest absolute Gasteiger partial charge is 0.377 e. The molecular formula is C18H34N2O. The van der Waals surface area contributed by atoms with E-state index in [2.05, 4.69) is 19.3 Å². The Morgan fingerprint density at radius 2 is 1.86 bits per heavy atom. The lowest BCUT2D eigenvalue weighted by atomic mass is 9.66. The van der Waals surface area contributed by atoms with Crippen LogP contribution in [-0.4, -0.2) is 18.8 Å². The molecule has 3 heteroatoms. The lowest BCUT2D eigenvalue weighted by molar-refractivity contribution is -0.0919. The number of ether oxygens (including phenoxy) is 1. The minimum atomic E-state index is -0.0356.